The fraction of sp³-hybridized carbons (Fsp3) is 0.500. The summed E-state index contributed by atoms with van der Waals surface area (Å²) in [6.07, 6.45) is 2.01. The molecule has 6 heteroatoms. The van der Waals surface area contributed by atoms with Gasteiger partial charge in [0.05, 0.1) is 0 Å². The first kappa shape index (κ1) is 12.0. The molecule has 0 aliphatic rings. The maximum Gasteiger partial charge on any atom is 0.175 e. The van der Waals surface area contributed by atoms with Crippen molar-refractivity contribution in [3.63, 3.8) is 0 Å². The minimum atomic E-state index is 0.862. The zero-order chi connectivity index (χ0) is 10.4. The molecule has 0 radical (unpaired) electrons. The number of nitrogens with zero attached hydrogens (tertiary/aromatic N) is 2. The van der Waals surface area contributed by atoms with Crippen LogP contribution in [0.3, 0.4) is 0 Å². The fourth-order valence-electron chi connectivity index (χ4n) is 0.803. The summed E-state index contributed by atoms with van der Waals surface area (Å²) >= 11 is 4.96. The summed E-state index contributed by atoms with van der Waals surface area (Å²) in [6, 6.07) is 0. The van der Waals surface area contributed by atoms with Crippen LogP contribution < -0.4 is 5.32 Å². The lowest BCUT2D eigenvalue weighted by molar-refractivity contribution is 0.885. The molecule has 78 valence electrons. The van der Waals surface area contributed by atoms with Crippen molar-refractivity contribution in [3.05, 3.63) is 12.2 Å². The molecular formula is C8H13N3S3. The lowest BCUT2D eigenvalue weighted by Gasteiger charge is -2.01. The van der Waals surface area contributed by atoms with Gasteiger partial charge in [0.25, 0.3) is 0 Å². The molecule has 14 heavy (non-hydrogen) atoms. The first-order chi connectivity index (χ1) is 6.76. The molecule has 0 amide bonds. The predicted molar refractivity (Wildman–Crippen MR) is 65.5 cm³/mol. The first-order valence-electron chi connectivity index (χ1n) is 4.07. The van der Waals surface area contributed by atoms with E-state index in [1.54, 1.807) is 34.9 Å². The molecule has 3 nitrogen and oxygen atoms in total. The van der Waals surface area contributed by atoms with E-state index in [1.165, 1.54) is 5.57 Å². The molecular weight excluding hydrogens is 234 g/mol. The van der Waals surface area contributed by atoms with Crippen LogP contribution in [0, 0.1) is 0 Å². The Morgan fingerprint density at radius 3 is 2.79 bits per heavy atom. The molecule has 0 atom stereocenters. The van der Waals surface area contributed by atoms with Gasteiger partial charge in [-0.1, -0.05) is 47.0 Å². The third-order valence-electron chi connectivity index (χ3n) is 1.39. The normalized spacial score (nSPS) is 10.4. The zero-order valence-electron chi connectivity index (χ0n) is 8.24. The van der Waals surface area contributed by atoms with Crippen LogP contribution in [0.4, 0.5) is 0 Å². The first-order valence-corrected chi connectivity index (χ1v) is 7.10. The number of aromatic nitrogens is 2. The van der Waals surface area contributed by atoms with E-state index in [0.717, 1.165) is 21.0 Å². The molecule has 0 unspecified atom stereocenters. The van der Waals surface area contributed by atoms with Gasteiger partial charge in [-0.05, 0) is 13.3 Å². The summed E-state index contributed by atoms with van der Waals surface area (Å²) in [5.74, 6) is 0.907. The molecule has 1 rings (SSSR count). The number of hydrogen-bond acceptors (Lipinski definition) is 6. The van der Waals surface area contributed by atoms with Crippen molar-refractivity contribution in [1.29, 1.82) is 0 Å². The Balaban J connectivity index is 2.34. The number of rotatable bonds is 6. The molecule has 1 aromatic heterocycles. The smallest absolute Gasteiger partial charge is 0.175 e. The van der Waals surface area contributed by atoms with Gasteiger partial charge in [0.2, 0.25) is 0 Å². The molecule has 0 aliphatic carbocycles. The lowest BCUT2D eigenvalue weighted by Crippen LogP contribution is -2.10. The van der Waals surface area contributed by atoms with Gasteiger partial charge in [-0.25, -0.2) is 0 Å². The summed E-state index contributed by atoms with van der Waals surface area (Å²) < 4.78 is 2.04. The van der Waals surface area contributed by atoms with Crippen molar-refractivity contribution >= 4 is 34.9 Å². The van der Waals surface area contributed by atoms with Gasteiger partial charge in [0.1, 0.15) is 0 Å². The fourth-order valence-corrected chi connectivity index (χ4v) is 3.14. The molecule has 0 saturated carbocycles. The maximum atomic E-state index is 4.07. The Kier molecular flexibility index (Phi) is 5.54. The van der Waals surface area contributed by atoms with E-state index in [4.69, 9.17) is 0 Å². The quantitative estimate of drug-likeness (QED) is 0.616. The molecule has 0 spiro atoms. The molecule has 0 aromatic carbocycles. The van der Waals surface area contributed by atoms with Crippen molar-refractivity contribution in [1.82, 2.24) is 15.5 Å². The maximum absolute atomic E-state index is 4.07. The van der Waals surface area contributed by atoms with Crippen molar-refractivity contribution in [2.75, 3.05) is 25.6 Å². The van der Waals surface area contributed by atoms with Crippen LogP contribution in [0.1, 0.15) is 0 Å². The second-order valence-corrected chi connectivity index (χ2v) is 5.86. The Labute approximate surface area is 96.8 Å². The van der Waals surface area contributed by atoms with Gasteiger partial charge in [0, 0.05) is 12.3 Å². The zero-order valence-corrected chi connectivity index (χ0v) is 10.7. The average molecular weight is 247 g/mol. The Morgan fingerprint density at radius 1 is 1.50 bits per heavy atom. The minimum absolute atomic E-state index is 0.862. The highest BCUT2D eigenvalue weighted by Gasteiger charge is 2.03. The SMILES string of the molecule is C=C(CNC)CSc1nnc(SC)s1. The summed E-state index contributed by atoms with van der Waals surface area (Å²) in [5.41, 5.74) is 1.18. The topological polar surface area (TPSA) is 37.8 Å². The summed E-state index contributed by atoms with van der Waals surface area (Å²) in [4.78, 5) is 0. The minimum Gasteiger partial charge on any atom is -0.316 e. The summed E-state index contributed by atoms with van der Waals surface area (Å²) in [7, 11) is 1.92. The average Bonchev–Trinajstić information content (AvgIpc) is 2.63. The van der Waals surface area contributed by atoms with Gasteiger partial charge < -0.3 is 5.32 Å². The van der Waals surface area contributed by atoms with Crippen molar-refractivity contribution in [3.8, 4) is 0 Å². The lowest BCUT2D eigenvalue weighted by atomic mass is 10.3. The van der Waals surface area contributed by atoms with Gasteiger partial charge >= 0.3 is 0 Å². The second kappa shape index (κ2) is 6.44. The number of thioether (sulfide) groups is 2. The molecule has 1 aromatic rings. The molecule has 1 heterocycles. The second-order valence-electron chi connectivity index (χ2n) is 2.61. The molecule has 1 N–H and O–H groups in total. The highest BCUT2D eigenvalue weighted by atomic mass is 32.2. The number of likely N-dealkylation sites (N-methyl/N-ethyl adjacent to an activating group) is 1. The molecule has 0 saturated heterocycles. The van der Waals surface area contributed by atoms with Crippen molar-refractivity contribution in [2.24, 2.45) is 0 Å². The van der Waals surface area contributed by atoms with E-state index in [-0.39, 0.29) is 0 Å². The van der Waals surface area contributed by atoms with E-state index in [2.05, 4.69) is 22.1 Å². The van der Waals surface area contributed by atoms with Crippen LogP contribution in [0.2, 0.25) is 0 Å². The standard InChI is InChI=1S/C8H13N3S3/c1-6(4-9-2)5-13-8-11-10-7(12-3)14-8/h9H,1,4-5H2,2-3H3. The molecule has 0 bridgehead atoms. The molecule has 0 fully saturated rings. The van der Waals surface area contributed by atoms with E-state index in [9.17, 15) is 0 Å². The Bertz CT molecular complexity index is 298. The highest BCUT2D eigenvalue weighted by molar-refractivity contribution is 8.03. The van der Waals surface area contributed by atoms with Gasteiger partial charge in [-0.2, -0.15) is 0 Å². The van der Waals surface area contributed by atoms with Gasteiger partial charge in [0.15, 0.2) is 8.68 Å². The third-order valence-corrected chi connectivity index (χ3v) is 4.57. The van der Waals surface area contributed by atoms with Crippen LogP contribution in [0.25, 0.3) is 0 Å². The summed E-state index contributed by atoms with van der Waals surface area (Å²) in [5, 5.41) is 11.2. The Hall–Kier alpha value is -0.0400. The van der Waals surface area contributed by atoms with Crippen LogP contribution in [0.15, 0.2) is 20.8 Å². The largest absolute Gasteiger partial charge is 0.316 e. The Morgan fingerprint density at radius 2 is 2.21 bits per heavy atom. The van der Waals surface area contributed by atoms with Gasteiger partial charge in [-0.15, -0.1) is 10.2 Å². The van der Waals surface area contributed by atoms with Crippen molar-refractivity contribution < 1.29 is 0 Å². The number of nitrogens with one attached hydrogen (secondary N) is 1. The highest BCUT2D eigenvalue weighted by Crippen LogP contribution is 2.27. The van der Waals surface area contributed by atoms with E-state index in [1.807, 2.05) is 13.3 Å². The van der Waals surface area contributed by atoms with Crippen LogP contribution in [0.5, 0.6) is 0 Å². The van der Waals surface area contributed by atoms with Crippen LogP contribution >= 0.6 is 34.9 Å². The third kappa shape index (κ3) is 4.00. The van der Waals surface area contributed by atoms with E-state index in [0.29, 0.717) is 0 Å². The predicted octanol–water partition coefficient (Wildman–Crippen LogP) is 2.13. The van der Waals surface area contributed by atoms with Crippen LogP contribution in [-0.4, -0.2) is 35.8 Å². The monoisotopic (exact) mass is 247 g/mol. The van der Waals surface area contributed by atoms with Crippen molar-refractivity contribution in [2.45, 2.75) is 8.68 Å². The summed E-state index contributed by atoms with van der Waals surface area (Å²) in [6.45, 7) is 4.82. The van der Waals surface area contributed by atoms with Crippen LogP contribution in [-0.2, 0) is 0 Å². The van der Waals surface area contributed by atoms with E-state index < -0.39 is 0 Å². The molecule has 0 aliphatic heterocycles. The number of hydrogen-bond donors (Lipinski definition) is 1. The van der Waals surface area contributed by atoms with Gasteiger partial charge in [-0.3, -0.25) is 0 Å². The van der Waals surface area contributed by atoms with E-state index >= 15 is 0 Å².